The predicted octanol–water partition coefficient (Wildman–Crippen LogP) is 0.785. The summed E-state index contributed by atoms with van der Waals surface area (Å²) in [6, 6.07) is 7.80. The number of amides is 1. The zero-order chi connectivity index (χ0) is 11.1. The summed E-state index contributed by atoms with van der Waals surface area (Å²) in [4.78, 5) is 11.0. The highest BCUT2D eigenvalue weighted by atomic mass is 16.1. The summed E-state index contributed by atoms with van der Waals surface area (Å²) in [5.41, 5.74) is 7.60. The minimum Gasteiger partial charge on any atom is -0.341 e. The molecule has 3 heteroatoms. The van der Waals surface area contributed by atoms with Crippen molar-refractivity contribution in [2.45, 2.75) is 20.0 Å². The van der Waals surface area contributed by atoms with E-state index in [9.17, 15) is 4.79 Å². The first-order valence-electron chi connectivity index (χ1n) is 4.74. The van der Waals surface area contributed by atoms with Crippen LogP contribution in [0.3, 0.4) is 0 Å². The first-order chi connectivity index (χ1) is 7.26. The number of rotatable bonds is 3. The van der Waals surface area contributed by atoms with Crippen LogP contribution in [0.5, 0.6) is 0 Å². The van der Waals surface area contributed by atoms with Crippen molar-refractivity contribution in [1.29, 1.82) is 0 Å². The molecule has 0 aromatic heterocycles. The van der Waals surface area contributed by atoms with Crippen LogP contribution in [0.2, 0.25) is 0 Å². The highest BCUT2D eigenvalue weighted by molar-refractivity contribution is 5.93. The van der Waals surface area contributed by atoms with E-state index in [-0.39, 0.29) is 5.91 Å². The van der Waals surface area contributed by atoms with Crippen LogP contribution in [0.4, 0.5) is 0 Å². The van der Waals surface area contributed by atoms with Crippen molar-refractivity contribution in [2.24, 2.45) is 5.73 Å². The van der Waals surface area contributed by atoms with E-state index in [1.807, 2.05) is 24.3 Å². The van der Waals surface area contributed by atoms with Crippen molar-refractivity contribution < 1.29 is 4.79 Å². The third-order valence-electron chi connectivity index (χ3n) is 1.95. The lowest BCUT2D eigenvalue weighted by Gasteiger charge is -2.02. The highest BCUT2D eigenvalue weighted by Gasteiger charge is 1.96. The Morgan fingerprint density at radius 2 is 1.93 bits per heavy atom. The molecule has 15 heavy (non-hydrogen) atoms. The summed E-state index contributed by atoms with van der Waals surface area (Å²) >= 11 is 0. The number of hydrogen-bond donors (Lipinski definition) is 2. The molecule has 0 saturated heterocycles. The van der Waals surface area contributed by atoms with Gasteiger partial charge >= 0.3 is 0 Å². The molecule has 0 bridgehead atoms. The first kappa shape index (κ1) is 11.3. The lowest BCUT2D eigenvalue weighted by Crippen LogP contribution is -2.20. The topological polar surface area (TPSA) is 55.1 Å². The fourth-order valence-electron chi connectivity index (χ4n) is 1.13. The maximum atomic E-state index is 11.0. The Morgan fingerprint density at radius 1 is 1.33 bits per heavy atom. The van der Waals surface area contributed by atoms with Crippen molar-refractivity contribution in [1.82, 2.24) is 5.32 Å². The molecule has 78 valence electrons. The molecule has 0 aliphatic rings. The van der Waals surface area contributed by atoms with Crippen LogP contribution in [-0.2, 0) is 17.9 Å². The van der Waals surface area contributed by atoms with Crippen molar-refractivity contribution in [3.8, 4) is 11.8 Å². The molecular weight excluding hydrogens is 188 g/mol. The molecule has 1 aromatic carbocycles. The molecule has 1 rings (SSSR count). The molecule has 0 atom stereocenters. The van der Waals surface area contributed by atoms with Gasteiger partial charge in [-0.05, 0) is 24.0 Å². The molecule has 3 N–H and O–H groups in total. The molecule has 0 radical (unpaired) electrons. The van der Waals surface area contributed by atoms with E-state index in [2.05, 4.69) is 17.2 Å². The quantitative estimate of drug-likeness (QED) is 0.712. The Kier molecular flexibility index (Phi) is 4.39. The van der Waals surface area contributed by atoms with E-state index in [1.165, 1.54) is 0 Å². The van der Waals surface area contributed by atoms with Gasteiger partial charge in [-0.25, -0.2) is 0 Å². The van der Waals surface area contributed by atoms with E-state index in [4.69, 9.17) is 5.73 Å². The molecule has 3 nitrogen and oxygen atoms in total. The van der Waals surface area contributed by atoms with Crippen molar-refractivity contribution in [2.75, 3.05) is 0 Å². The molecule has 0 unspecified atom stereocenters. The Bertz CT molecular complexity index is 384. The number of carbonyl (C=O) groups is 1. The highest BCUT2D eigenvalue weighted by Crippen LogP contribution is 2.02. The van der Waals surface area contributed by atoms with Gasteiger partial charge in [0, 0.05) is 13.1 Å². The largest absolute Gasteiger partial charge is 0.341 e. The molecular formula is C12H14N2O. The third-order valence-corrected chi connectivity index (χ3v) is 1.95. The Hall–Kier alpha value is -1.79. The molecule has 1 amide bonds. The molecule has 0 spiro atoms. The average Bonchev–Trinajstić information content (AvgIpc) is 2.27. The zero-order valence-electron chi connectivity index (χ0n) is 8.71. The van der Waals surface area contributed by atoms with Crippen LogP contribution in [0.25, 0.3) is 0 Å². The summed E-state index contributed by atoms with van der Waals surface area (Å²) < 4.78 is 0. The predicted molar refractivity (Wildman–Crippen MR) is 59.6 cm³/mol. The van der Waals surface area contributed by atoms with E-state index >= 15 is 0 Å². The standard InChI is InChI=1S/C12H14N2O/c1-2-3-12(15)14-9-11-6-4-10(8-13)5-7-11/h4-7H,8-9,13H2,1H3,(H,14,15). The minimum atomic E-state index is -0.250. The van der Waals surface area contributed by atoms with Crippen LogP contribution in [-0.4, -0.2) is 5.91 Å². The number of hydrogen-bond acceptors (Lipinski definition) is 2. The number of nitrogens with two attached hydrogens (primary N) is 1. The van der Waals surface area contributed by atoms with Crippen LogP contribution < -0.4 is 11.1 Å². The Balaban J connectivity index is 2.50. The van der Waals surface area contributed by atoms with Crippen molar-refractivity contribution >= 4 is 5.91 Å². The fraction of sp³-hybridized carbons (Fsp3) is 0.250. The summed E-state index contributed by atoms with van der Waals surface area (Å²) in [5, 5.41) is 2.69. The zero-order valence-corrected chi connectivity index (χ0v) is 8.71. The number of carbonyl (C=O) groups excluding carboxylic acids is 1. The van der Waals surface area contributed by atoms with E-state index < -0.39 is 0 Å². The Labute approximate surface area is 89.7 Å². The molecule has 0 fully saturated rings. The summed E-state index contributed by atoms with van der Waals surface area (Å²) in [5.74, 6) is 4.71. The van der Waals surface area contributed by atoms with E-state index in [0.29, 0.717) is 13.1 Å². The average molecular weight is 202 g/mol. The SMILES string of the molecule is CC#CC(=O)NCc1ccc(CN)cc1. The smallest absolute Gasteiger partial charge is 0.296 e. The fourth-order valence-corrected chi connectivity index (χ4v) is 1.13. The van der Waals surface area contributed by atoms with Gasteiger partial charge in [0.05, 0.1) is 0 Å². The van der Waals surface area contributed by atoms with Gasteiger partial charge in [0.2, 0.25) is 0 Å². The maximum absolute atomic E-state index is 11.0. The maximum Gasteiger partial charge on any atom is 0.296 e. The summed E-state index contributed by atoms with van der Waals surface area (Å²) in [7, 11) is 0. The van der Waals surface area contributed by atoms with Gasteiger partial charge in [0.1, 0.15) is 0 Å². The van der Waals surface area contributed by atoms with Gasteiger partial charge in [0.15, 0.2) is 0 Å². The molecule has 0 saturated carbocycles. The summed E-state index contributed by atoms with van der Waals surface area (Å²) in [6.45, 7) is 2.67. The van der Waals surface area contributed by atoms with Crippen LogP contribution in [0, 0.1) is 11.8 Å². The van der Waals surface area contributed by atoms with E-state index in [0.717, 1.165) is 11.1 Å². The first-order valence-corrected chi connectivity index (χ1v) is 4.74. The van der Waals surface area contributed by atoms with Gasteiger partial charge in [-0.3, -0.25) is 4.79 Å². The van der Waals surface area contributed by atoms with Crippen molar-refractivity contribution in [3.63, 3.8) is 0 Å². The number of nitrogens with one attached hydrogen (secondary N) is 1. The Morgan fingerprint density at radius 3 is 2.47 bits per heavy atom. The third kappa shape index (κ3) is 3.84. The second-order valence-corrected chi connectivity index (χ2v) is 3.08. The second kappa shape index (κ2) is 5.84. The van der Waals surface area contributed by atoms with Gasteiger partial charge in [-0.1, -0.05) is 30.2 Å². The molecule has 1 aromatic rings. The van der Waals surface area contributed by atoms with Gasteiger partial charge in [-0.2, -0.15) is 0 Å². The number of benzene rings is 1. The minimum absolute atomic E-state index is 0.250. The van der Waals surface area contributed by atoms with Gasteiger partial charge in [0.25, 0.3) is 5.91 Å². The normalized spacial score (nSPS) is 8.93. The molecule has 0 heterocycles. The van der Waals surface area contributed by atoms with Crippen LogP contribution >= 0.6 is 0 Å². The molecule has 0 aliphatic carbocycles. The van der Waals surface area contributed by atoms with Crippen LogP contribution in [0.1, 0.15) is 18.1 Å². The van der Waals surface area contributed by atoms with Gasteiger partial charge in [-0.15, -0.1) is 0 Å². The van der Waals surface area contributed by atoms with Crippen LogP contribution in [0.15, 0.2) is 24.3 Å². The van der Waals surface area contributed by atoms with Crippen molar-refractivity contribution in [3.05, 3.63) is 35.4 Å². The molecule has 0 aliphatic heterocycles. The monoisotopic (exact) mass is 202 g/mol. The second-order valence-electron chi connectivity index (χ2n) is 3.08. The lowest BCUT2D eigenvalue weighted by atomic mass is 10.1. The summed E-state index contributed by atoms with van der Waals surface area (Å²) in [6.07, 6.45) is 0. The lowest BCUT2D eigenvalue weighted by molar-refractivity contribution is -0.115. The van der Waals surface area contributed by atoms with E-state index in [1.54, 1.807) is 6.92 Å². The van der Waals surface area contributed by atoms with Gasteiger partial charge < -0.3 is 11.1 Å².